The molecule has 1 aromatic heterocycles. The van der Waals surface area contributed by atoms with Crippen molar-refractivity contribution in [3.8, 4) is 17.2 Å². The molecular formula is C42H28O4S2. The van der Waals surface area contributed by atoms with E-state index >= 15 is 0 Å². The van der Waals surface area contributed by atoms with Crippen molar-refractivity contribution in [1.82, 2.24) is 0 Å². The smallest absolute Gasteiger partial charge is 0.338 e. The molecule has 232 valence electrons. The van der Waals surface area contributed by atoms with Crippen molar-refractivity contribution in [1.29, 1.82) is 0 Å². The Bertz CT molecular complexity index is 2550. The van der Waals surface area contributed by atoms with Gasteiger partial charge in [0.25, 0.3) is 0 Å². The Kier molecular flexibility index (Phi) is 6.71. The molecule has 0 bridgehead atoms. The van der Waals surface area contributed by atoms with Crippen molar-refractivity contribution in [2.75, 3.05) is 14.2 Å². The van der Waals surface area contributed by atoms with E-state index in [-0.39, 0.29) is 0 Å². The van der Waals surface area contributed by atoms with Gasteiger partial charge in [-0.15, -0.1) is 23.1 Å². The Morgan fingerprint density at radius 1 is 0.729 bits per heavy atom. The first-order chi connectivity index (χ1) is 23.6. The van der Waals surface area contributed by atoms with Crippen molar-refractivity contribution in [3.63, 3.8) is 0 Å². The summed E-state index contributed by atoms with van der Waals surface area (Å²) >= 11 is 3.56. The molecule has 0 radical (unpaired) electrons. The zero-order valence-corrected chi connectivity index (χ0v) is 27.8. The number of ether oxygens (including phenoxy) is 3. The maximum absolute atomic E-state index is 13.7. The Morgan fingerprint density at radius 2 is 1.46 bits per heavy atom. The van der Waals surface area contributed by atoms with Crippen LogP contribution < -0.4 is 19.9 Å². The van der Waals surface area contributed by atoms with E-state index in [9.17, 15) is 4.79 Å². The molecular weight excluding hydrogens is 633 g/mol. The van der Waals surface area contributed by atoms with Crippen LogP contribution in [0.3, 0.4) is 0 Å². The fourth-order valence-electron chi connectivity index (χ4n) is 7.06. The number of benzene rings is 6. The summed E-state index contributed by atoms with van der Waals surface area (Å²) in [5.74, 6) is 1.81. The third-order valence-corrected chi connectivity index (χ3v) is 12.0. The average Bonchev–Trinajstić information content (AvgIpc) is 3.73. The van der Waals surface area contributed by atoms with Gasteiger partial charge in [-0.1, -0.05) is 91.0 Å². The monoisotopic (exact) mass is 660 g/mol. The zero-order chi connectivity index (χ0) is 32.4. The SMILES string of the molecule is COC(=O)c1cc2c(c3c1=C(c1ccccc1)c1ccccc1O3)SC(c1ccc(OC)cc1)(c1ccc3sc4ccccc4c3c1)C=2. The van der Waals surface area contributed by atoms with Crippen LogP contribution in [0.4, 0.5) is 0 Å². The minimum Gasteiger partial charge on any atom is -0.497 e. The molecule has 4 nitrogen and oxygen atoms in total. The van der Waals surface area contributed by atoms with Crippen LogP contribution in [0, 0.1) is 0 Å². The summed E-state index contributed by atoms with van der Waals surface area (Å²) in [5, 5.41) is 4.15. The highest BCUT2D eigenvalue weighted by molar-refractivity contribution is 8.01. The fraction of sp³-hybridized carbons (Fsp3) is 0.0714. The molecule has 0 saturated carbocycles. The Labute approximate surface area is 285 Å². The molecule has 1 unspecified atom stereocenters. The molecule has 0 fully saturated rings. The molecule has 0 N–H and O–H groups in total. The first kappa shape index (κ1) is 28.9. The van der Waals surface area contributed by atoms with Crippen LogP contribution in [0.1, 0.15) is 32.6 Å². The largest absolute Gasteiger partial charge is 0.497 e. The standard InChI is InChI=1S/C42H28O4S2/c1-44-29-19-16-27(17-20-29)42(28-18-21-36-32(23-28)30-12-7-9-15-35(30)47-36)24-26-22-33(41(43)45-2)38-37(25-10-4-3-5-11-25)31-13-6-8-14-34(31)46-39(38)40(26)48-42/h3-24H,1-2H3. The van der Waals surface area contributed by atoms with Gasteiger partial charge in [0.15, 0.2) is 0 Å². The maximum Gasteiger partial charge on any atom is 0.338 e. The second kappa shape index (κ2) is 11.2. The number of carbonyl (C=O) groups excluding carboxylic acids is 1. The van der Waals surface area contributed by atoms with E-state index in [1.165, 1.54) is 27.3 Å². The van der Waals surface area contributed by atoms with Crippen molar-refractivity contribution in [2.45, 2.75) is 9.64 Å². The lowest BCUT2D eigenvalue weighted by atomic mass is 9.87. The molecule has 0 amide bonds. The minimum atomic E-state index is -0.623. The quantitative estimate of drug-likeness (QED) is 0.173. The number of para-hydroxylation sites is 1. The minimum absolute atomic E-state index is 0.406. The summed E-state index contributed by atoms with van der Waals surface area (Å²) in [6.45, 7) is 0. The number of methoxy groups -OCH3 is 2. The molecule has 2 aliphatic heterocycles. The third kappa shape index (κ3) is 4.33. The first-order valence-electron chi connectivity index (χ1n) is 15.7. The van der Waals surface area contributed by atoms with Crippen LogP contribution in [0.15, 0.2) is 132 Å². The van der Waals surface area contributed by atoms with Gasteiger partial charge in [-0.2, -0.15) is 0 Å². The molecule has 48 heavy (non-hydrogen) atoms. The summed E-state index contributed by atoms with van der Waals surface area (Å²) in [6, 6.07) is 43.9. The molecule has 0 spiro atoms. The van der Waals surface area contributed by atoms with Crippen LogP contribution >= 0.6 is 23.1 Å². The summed E-state index contributed by atoms with van der Waals surface area (Å²) < 4.78 is 19.7. The lowest BCUT2D eigenvalue weighted by Crippen LogP contribution is -2.28. The highest BCUT2D eigenvalue weighted by Crippen LogP contribution is 2.54. The number of hydrogen-bond donors (Lipinski definition) is 0. The van der Waals surface area contributed by atoms with Crippen LogP contribution in [-0.4, -0.2) is 20.2 Å². The predicted octanol–water partition coefficient (Wildman–Crippen LogP) is 9.03. The maximum atomic E-state index is 13.7. The Balaban J connectivity index is 1.36. The van der Waals surface area contributed by atoms with Gasteiger partial charge < -0.3 is 14.2 Å². The molecule has 7 aromatic rings. The molecule has 1 atom stereocenters. The fourth-order valence-corrected chi connectivity index (χ4v) is 9.62. The lowest BCUT2D eigenvalue weighted by molar-refractivity contribution is 0.0598. The van der Waals surface area contributed by atoms with Crippen molar-refractivity contribution < 1.29 is 19.0 Å². The molecule has 2 aliphatic rings. The summed E-state index contributed by atoms with van der Waals surface area (Å²) in [5.41, 5.74) is 5.60. The number of thioether (sulfide) groups is 1. The van der Waals surface area contributed by atoms with Gasteiger partial charge in [0, 0.05) is 36.5 Å². The van der Waals surface area contributed by atoms with Gasteiger partial charge in [-0.3, -0.25) is 0 Å². The van der Waals surface area contributed by atoms with E-state index in [0.29, 0.717) is 11.3 Å². The Morgan fingerprint density at radius 3 is 2.27 bits per heavy atom. The van der Waals surface area contributed by atoms with E-state index < -0.39 is 10.7 Å². The summed E-state index contributed by atoms with van der Waals surface area (Å²) in [4.78, 5) is 14.6. The van der Waals surface area contributed by atoms with E-state index in [2.05, 4.69) is 78.9 Å². The molecule has 6 heteroatoms. The number of fused-ring (bicyclic) bond motifs is 7. The number of esters is 1. The summed E-state index contributed by atoms with van der Waals surface area (Å²) in [7, 11) is 3.12. The third-order valence-electron chi connectivity index (χ3n) is 9.30. The average molecular weight is 661 g/mol. The summed E-state index contributed by atoms with van der Waals surface area (Å²) in [6.07, 6.45) is 2.28. The second-order valence-corrected chi connectivity index (χ2v) is 14.2. The van der Waals surface area contributed by atoms with Crippen molar-refractivity contribution in [2.24, 2.45) is 0 Å². The lowest BCUT2D eigenvalue weighted by Gasteiger charge is -2.29. The predicted molar refractivity (Wildman–Crippen MR) is 195 cm³/mol. The van der Waals surface area contributed by atoms with Crippen molar-refractivity contribution >= 4 is 60.9 Å². The molecule has 3 heterocycles. The second-order valence-electron chi connectivity index (χ2n) is 11.9. The molecule has 6 aromatic carbocycles. The van der Waals surface area contributed by atoms with Crippen LogP contribution in [0.5, 0.6) is 17.2 Å². The molecule has 9 rings (SSSR count). The van der Waals surface area contributed by atoms with Gasteiger partial charge in [0.05, 0.1) is 29.4 Å². The molecule has 0 saturated heterocycles. The van der Waals surface area contributed by atoms with Crippen LogP contribution in [0.2, 0.25) is 0 Å². The number of thiophene rings is 1. The van der Waals surface area contributed by atoms with Gasteiger partial charge >= 0.3 is 5.97 Å². The highest BCUT2D eigenvalue weighted by Gasteiger charge is 2.41. The van der Waals surface area contributed by atoms with E-state index in [0.717, 1.165) is 54.7 Å². The van der Waals surface area contributed by atoms with E-state index in [4.69, 9.17) is 14.2 Å². The molecule has 0 aliphatic carbocycles. The zero-order valence-electron chi connectivity index (χ0n) is 26.2. The van der Waals surface area contributed by atoms with Gasteiger partial charge in [-0.05, 0) is 64.4 Å². The van der Waals surface area contributed by atoms with Gasteiger partial charge in [-0.25, -0.2) is 4.79 Å². The van der Waals surface area contributed by atoms with Crippen LogP contribution in [0.25, 0.3) is 31.8 Å². The van der Waals surface area contributed by atoms with E-state index in [1.807, 2.05) is 65.9 Å². The van der Waals surface area contributed by atoms with Crippen molar-refractivity contribution in [3.05, 3.63) is 166 Å². The van der Waals surface area contributed by atoms with Gasteiger partial charge in [0.1, 0.15) is 17.2 Å². The van der Waals surface area contributed by atoms with Gasteiger partial charge in [0.2, 0.25) is 0 Å². The van der Waals surface area contributed by atoms with E-state index in [1.54, 1.807) is 18.9 Å². The highest BCUT2D eigenvalue weighted by atomic mass is 32.2. The number of carbonyl (C=O) groups is 1. The number of hydrogen-bond acceptors (Lipinski definition) is 6. The first-order valence-corrected chi connectivity index (χ1v) is 17.3. The van der Waals surface area contributed by atoms with Crippen LogP contribution in [-0.2, 0) is 9.48 Å². The topological polar surface area (TPSA) is 44.8 Å². The normalized spacial score (nSPS) is 16.1. The Hall–Kier alpha value is -5.30. The number of rotatable bonds is 5.